The summed E-state index contributed by atoms with van der Waals surface area (Å²) in [7, 11) is 1.98. The molecule has 2 N–H and O–H groups in total. The molecule has 1 aromatic carbocycles. The summed E-state index contributed by atoms with van der Waals surface area (Å²) in [5.41, 5.74) is 1.65. The van der Waals surface area contributed by atoms with Gasteiger partial charge >= 0.3 is 0 Å². The maximum Gasteiger partial charge on any atom is 0.191 e. The van der Waals surface area contributed by atoms with E-state index in [0.29, 0.717) is 6.54 Å². The van der Waals surface area contributed by atoms with Crippen LogP contribution in [0.5, 0.6) is 0 Å². The van der Waals surface area contributed by atoms with E-state index in [1.54, 1.807) is 0 Å². The van der Waals surface area contributed by atoms with Gasteiger partial charge in [0.25, 0.3) is 0 Å². The molecule has 1 aliphatic heterocycles. The van der Waals surface area contributed by atoms with Crippen molar-refractivity contribution in [2.45, 2.75) is 38.1 Å². The quantitative estimate of drug-likeness (QED) is 0.361. The van der Waals surface area contributed by atoms with Gasteiger partial charge < -0.3 is 19.9 Å². The van der Waals surface area contributed by atoms with E-state index in [1.165, 1.54) is 18.4 Å². The zero-order valence-corrected chi connectivity index (χ0v) is 18.8. The van der Waals surface area contributed by atoms with E-state index in [-0.39, 0.29) is 5.41 Å². The minimum atomic E-state index is 0.235. The number of guanidine groups is 1. The van der Waals surface area contributed by atoms with Gasteiger partial charge in [0.2, 0.25) is 0 Å². The minimum Gasteiger partial charge on any atom is -0.379 e. The van der Waals surface area contributed by atoms with Crippen LogP contribution in [-0.4, -0.2) is 71.6 Å². The number of hydrogen-bond donors (Lipinski definition) is 2. The predicted molar refractivity (Wildman–Crippen MR) is 122 cm³/mol. The van der Waals surface area contributed by atoms with E-state index in [0.717, 1.165) is 70.0 Å². The van der Waals surface area contributed by atoms with Crippen LogP contribution in [0.3, 0.4) is 0 Å². The van der Waals surface area contributed by atoms with Gasteiger partial charge in [0.05, 0.1) is 13.2 Å². The van der Waals surface area contributed by atoms with Crippen LogP contribution in [0, 0.1) is 6.92 Å². The van der Waals surface area contributed by atoms with E-state index in [4.69, 9.17) is 9.73 Å². The number of morpholine rings is 1. The van der Waals surface area contributed by atoms with Gasteiger partial charge in [0, 0.05) is 38.6 Å². The molecule has 2 fully saturated rings. The van der Waals surface area contributed by atoms with E-state index < -0.39 is 0 Å². The van der Waals surface area contributed by atoms with Crippen molar-refractivity contribution in [2.24, 2.45) is 12.0 Å². The van der Waals surface area contributed by atoms with E-state index >= 15 is 0 Å². The first kappa shape index (κ1) is 21.8. The fourth-order valence-electron chi connectivity index (χ4n) is 4.01. The average molecular weight is 426 g/mol. The lowest BCUT2D eigenvalue weighted by atomic mass is 9.96. The van der Waals surface area contributed by atoms with Crippen LogP contribution in [0.25, 0.3) is 0 Å². The van der Waals surface area contributed by atoms with Gasteiger partial charge in [0.1, 0.15) is 12.4 Å². The Kier molecular flexibility index (Phi) is 7.19. The molecule has 1 aliphatic carbocycles. The van der Waals surface area contributed by atoms with Crippen molar-refractivity contribution >= 4 is 5.96 Å². The molecule has 0 unspecified atom stereocenters. The second kappa shape index (κ2) is 10.2. The summed E-state index contributed by atoms with van der Waals surface area (Å²) in [4.78, 5) is 7.28. The lowest BCUT2D eigenvalue weighted by Crippen LogP contribution is -2.43. The number of aromatic nitrogens is 3. The number of aryl methyl sites for hydroxylation is 1. The van der Waals surface area contributed by atoms with Gasteiger partial charge in [-0.05, 0) is 38.3 Å². The summed E-state index contributed by atoms with van der Waals surface area (Å²) in [5.74, 6) is 2.63. The highest BCUT2D eigenvalue weighted by atomic mass is 16.5. The number of nitrogens with zero attached hydrogens (tertiary/aromatic N) is 5. The number of aliphatic imine (C=N–C) groups is 1. The molecule has 1 saturated heterocycles. The first-order valence-corrected chi connectivity index (χ1v) is 11.4. The van der Waals surface area contributed by atoms with Crippen LogP contribution >= 0.6 is 0 Å². The fraction of sp³-hybridized carbons (Fsp3) is 0.609. The monoisotopic (exact) mass is 425 g/mol. The summed E-state index contributed by atoms with van der Waals surface area (Å²) in [5, 5.41) is 15.5. The Bertz CT molecular complexity index is 854. The highest BCUT2D eigenvalue weighted by Gasteiger charge is 2.44. The van der Waals surface area contributed by atoms with Crippen molar-refractivity contribution in [3.63, 3.8) is 0 Å². The normalized spacial score (nSPS) is 18.7. The SMILES string of the molecule is Cc1nnc(CN=C(NCCCN2CCOCC2)NCC2(c3ccccc3)CC2)n1C. The van der Waals surface area contributed by atoms with Gasteiger partial charge in [-0.15, -0.1) is 10.2 Å². The second-order valence-corrected chi connectivity index (χ2v) is 8.62. The lowest BCUT2D eigenvalue weighted by molar-refractivity contribution is 0.0376. The van der Waals surface area contributed by atoms with Gasteiger partial charge in [0.15, 0.2) is 11.8 Å². The number of ether oxygens (including phenoxy) is 1. The smallest absolute Gasteiger partial charge is 0.191 e. The van der Waals surface area contributed by atoms with Crippen molar-refractivity contribution in [3.8, 4) is 0 Å². The molecule has 8 nitrogen and oxygen atoms in total. The Morgan fingerprint density at radius 3 is 2.58 bits per heavy atom. The molecule has 8 heteroatoms. The van der Waals surface area contributed by atoms with Crippen LogP contribution in [0.4, 0.5) is 0 Å². The number of nitrogens with one attached hydrogen (secondary N) is 2. The molecule has 168 valence electrons. The molecule has 4 rings (SSSR count). The maximum absolute atomic E-state index is 5.44. The third-order valence-electron chi connectivity index (χ3n) is 6.44. The highest BCUT2D eigenvalue weighted by Crippen LogP contribution is 2.47. The van der Waals surface area contributed by atoms with Crippen molar-refractivity contribution in [3.05, 3.63) is 47.5 Å². The van der Waals surface area contributed by atoms with Gasteiger partial charge in [-0.3, -0.25) is 4.90 Å². The Labute approximate surface area is 185 Å². The minimum absolute atomic E-state index is 0.235. The molecule has 2 aliphatic rings. The van der Waals surface area contributed by atoms with E-state index in [9.17, 15) is 0 Å². The molecule has 1 aromatic heterocycles. The van der Waals surface area contributed by atoms with Crippen LogP contribution in [-0.2, 0) is 23.7 Å². The Balaban J connectivity index is 1.33. The molecule has 2 heterocycles. The molecule has 1 saturated carbocycles. The van der Waals surface area contributed by atoms with Gasteiger partial charge in [-0.2, -0.15) is 0 Å². The largest absolute Gasteiger partial charge is 0.379 e. The summed E-state index contributed by atoms with van der Waals surface area (Å²) in [6.45, 7) is 9.09. The molecule has 0 bridgehead atoms. The topological polar surface area (TPSA) is 79.6 Å². The second-order valence-electron chi connectivity index (χ2n) is 8.62. The van der Waals surface area contributed by atoms with Crippen molar-refractivity contribution in [1.82, 2.24) is 30.3 Å². The van der Waals surface area contributed by atoms with Crippen LogP contribution < -0.4 is 10.6 Å². The van der Waals surface area contributed by atoms with Crippen LogP contribution in [0.2, 0.25) is 0 Å². The fourth-order valence-corrected chi connectivity index (χ4v) is 4.01. The zero-order valence-electron chi connectivity index (χ0n) is 18.8. The zero-order chi connectivity index (χ0) is 21.5. The maximum atomic E-state index is 5.44. The third kappa shape index (κ3) is 5.83. The summed E-state index contributed by atoms with van der Waals surface area (Å²) in [6.07, 6.45) is 3.52. The number of rotatable bonds is 9. The lowest BCUT2D eigenvalue weighted by Gasteiger charge is -2.26. The first-order valence-electron chi connectivity index (χ1n) is 11.4. The van der Waals surface area contributed by atoms with Crippen molar-refractivity contribution < 1.29 is 4.74 Å². The average Bonchev–Trinajstić information content (AvgIpc) is 3.54. The van der Waals surface area contributed by atoms with Gasteiger partial charge in [-0.25, -0.2) is 4.99 Å². The number of benzene rings is 1. The standard InChI is InChI=1S/C23H35N7O/c1-19-27-28-21(29(19)2)17-25-22(24-11-6-12-30-13-15-31-16-14-30)26-18-23(9-10-23)20-7-4-3-5-8-20/h3-5,7-8H,6,9-18H2,1-2H3,(H2,24,25,26). The van der Waals surface area contributed by atoms with Crippen LogP contribution in [0.15, 0.2) is 35.3 Å². The third-order valence-corrected chi connectivity index (χ3v) is 6.44. The van der Waals surface area contributed by atoms with Gasteiger partial charge in [-0.1, -0.05) is 30.3 Å². The number of hydrogen-bond acceptors (Lipinski definition) is 5. The van der Waals surface area contributed by atoms with E-state index in [1.807, 2.05) is 18.5 Å². The molecular formula is C23H35N7O. The molecular weight excluding hydrogens is 390 g/mol. The molecule has 0 radical (unpaired) electrons. The Morgan fingerprint density at radius 1 is 1.13 bits per heavy atom. The Morgan fingerprint density at radius 2 is 1.90 bits per heavy atom. The molecule has 2 aromatic rings. The highest BCUT2D eigenvalue weighted by molar-refractivity contribution is 5.80. The molecule has 31 heavy (non-hydrogen) atoms. The van der Waals surface area contributed by atoms with Crippen molar-refractivity contribution in [2.75, 3.05) is 45.9 Å². The summed E-state index contributed by atoms with van der Waals surface area (Å²) < 4.78 is 7.43. The summed E-state index contributed by atoms with van der Waals surface area (Å²) in [6, 6.07) is 10.8. The summed E-state index contributed by atoms with van der Waals surface area (Å²) >= 11 is 0. The molecule has 0 amide bonds. The molecule has 0 spiro atoms. The Hall–Kier alpha value is -2.45. The van der Waals surface area contributed by atoms with Crippen molar-refractivity contribution in [1.29, 1.82) is 0 Å². The first-order chi connectivity index (χ1) is 15.2. The van der Waals surface area contributed by atoms with E-state index in [2.05, 4.69) is 56.1 Å². The van der Waals surface area contributed by atoms with Crippen LogP contribution in [0.1, 0.15) is 36.5 Å². The predicted octanol–water partition coefficient (Wildman–Crippen LogP) is 1.61. The molecule has 0 atom stereocenters.